The summed E-state index contributed by atoms with van der Waals surface area (Å²) in [7, 11) is 0.774. The van der Waals surface area contributed by atoms with Crippen molar-refractivity contribution in [1.29, 1.82) is 0 Å². The standard InChI is InChI=1S/C14H14Si.C7H9.C5H5.2ClH.Zr/c1-11-7-3-5-9-13(11)15-14-10-6-4-8-12(14)2;1-6-4-3-5-7(6)2;1-2-4-5-3-1;;;/h3-10H,1-2H3;4H,5H2,1-2H3;1-3H,4H2;2*1H;/q;2*-1;;;+4/p-2. The van der Waals surface area contributed by atoms with E-state index in [1.165, 1.54) is 32.6 Å². The van der Waals surface area contributed by atoms with Gasteiger partial charge in [-0.05, 0) is 13.8 Å². The van der Waals surface area contributed by atoms with E-state index in [0.717, 1.165) is 22.4 Å². The molecular formula is C26H28Cl2SiZr. The van der Waals surface area contributed by atoms with E-state index in [4.69, 9.17) is 0 Å². The van der Waals surface area contributed by atoms with Crippen molar-refractivity contribution in [3.63, 3.8) is 0 Å². The number of aryl methyl sites for hydroxylation is 2. The second kappa shape index (κ2) is 17.7. The van der Waals surface area contributed by atoms with Gasteiger partial charge in [0.25, 0.3) is 0 Å². The molecule has 154 valence electrons. The summed E-state index contributed by atoms with van der Waals surface area (Å²) in [6, 6.07) is 17.2. The number of rotatable bonds is 2. The minimum Gasteiger partial charge on any atom is -1.00 e. The van der Waals surface area contributed by atoms with E-state index in [-0.39, 0.29) is 51.0 Å². The van der Waals surface area contributed by atoms with Crippen molar-refractivity contribution >= 4 is 19.9 Å². The van der Waals surface area contributed by atoms with Gasteiger partial charge in [0.2, 0.25) is 0 Å². The van der Waals surface area contributed by atoms with Crippen LogP contribution in [0, 0.1) is 26.0 Å². The van der Waals surface area contributed by atoms with E-state index in [1.54, 1.807) is 0 Å². The largest absolute Gasteiger partial charge is 4.00 e. The van der Waals surface area contributed by atoms with Crippen LogP contribution >= 0.6 is 0 Å². The Labute approximate surface area is 217 Å². The second-order valence-electron chi connectivity index (χ2n) is 6.75. The van der Waals surface area contributed by atoms with E-state index >= 15 is 0 Å². The van der Waals surface area contributed by atoms with Crippen LogP contribution in [0.25, 0.3) is 0 Å². The SMILES string of the molecule is CC1=C(C)C[C-]=C1.Cc1ccccc1[Si]c1ccccc1C.[C-]1=CC=CC1.[Cl-].[Cl-].[Zr+4]. The fraction of sp³-hybridized carbons (Fsp3) is 0.231. The molecule has 0 amide bonds. The van der Waals surface area contributed by atoms with Gasteiger partial charge in [-0.2, -0.15) is 11.6 Å². The third-order valence-corrected chi connectivity index (χ3v) is 6.16. The van der Waals surface area contributed by atoms with Gasteiger partial charge >= 0.3 is 26.2 Å². The van der Waals surface area contributed by atoms with Crippen LogP contribution in [-0.4, -0.2) is 9.52 Å². The van der Waals surface area contributed by atoms with Crippen molar-refractivity contribution in [3.05, 3.63) is 107 Å². The molecule has 30 heavy (non-hydrogen) atoms. The Morgan fingerprint density at radius 2 is 1.30 bits per heavy atom. The fourth-order valence-electron chi connectivity index (χ4n) is 2.53. The maximum atomic E-state index is 3.12. The van der Waals surface area contributed by atoms with Crippen LogP contribution in [0.5, 0.6) is 0 Å². The minimum absolute atomic E-state index is 0. The van der Waals surface area contributed by atoms with E-state index in [2.05, 4.69) is 101 Å². The van der Waals surface area contributed by atoms with Crippen molar-refractivity contribution in [1.82, 2.24) is 0 Å². The number of benzene rings is 2. The van der Waals surface area contributed by atoms with Gasteiger partial charge in [0, 0.05) is 0 Å². The average Bonchev–Trinajstić information content (AvgIpc) is 3.36. The van der Waals surface area contributed by atoms with E-state index in [0.29, 0.717) is 0 Å². The summed E-state index contributed by atoms with van der Waals surface area (Å²) in [5, 5.41) is 2.90. The van der Waals surface area contributed by atoms with Gasteiger partial charge in [-0.15, -0.1) is 19.8 Å². The Kier molecular flexibility index (Phi) is 18.5. The maximum Gasteiger partial charge on any atom is 4.00 e. The molecular weight excluding hydrogens is 503 g/mol. The molecule has 0 aliphatic heterocycles. The summed E-state index contributed by atoms with van der Waals surface area (Å²) in [4.78, 5) is 0. The molecule has 0 unspecified atom stereocenters. The molecule has 4 rings (SSSR count). The predicted octanol–water partition coefficient (Wildman–Crippen LogP) is -0.644. The third kappa shape index (κ3) is 11.5. The summed E-state index contributed by atoms with van der Waals surface area (Å²) in [5.74, 6) is 0. The molecule has 2 radical (unpaired) electrons. The van der Waals surface area contributed by atoms with Gasteiger partial charge in [-0.1, -0.05) is 77.0 Å². The Balaban J connectivity index is 0. The molecule has 0 nitrogen and oxygen atoms in total. The summed E-state index contributed by atoms with van der Waals surface area (Å²) in [6.07, 6.45) is 16.2. The molecule has 2 aliphatic carbocycles. The van der Waals surface area contributed by atoms with Crippen molar-refractivity contribution in [2.45, 2.75) is 40.5 Å². The Morgan fingerprint density at radius 1 is 0.767 bits per heavy atom. The van der Waals surface area contributed by atoms with Gasteiger partial charge in [0.05, 0.1) is 0 Å². The molecule has 2 aliphatic rings. The van der Waals surface area contributed by atoms with E-state index < -0.39 is 0 Å². The zero-order chi connectivity index (χ0) is 19.5. The maximum absolute atomic E-state index is 3.12. The van der Waals surface area contributed by atoms with Crippen LogP contribution in [0.2, 0.25) is 0 Å². The molecule has 4 heteroatoms. The van der Waals surface area contributed by atoms with Crippen LogP contribution in [-0.2, 0) is 26.2 Å². The van der Waals surface area contributed by atoms with Crippen molar-refractivity contribution < 1.29 is 51.0 Å². The molecule has 0 heterocycles. The van der Waals surface area contributed by atoms with Crippen molar-refractivity contribution in [2.75, 3.05) is 0 Å². The van der Waals surface area contributed by atoms with Crippen LogP contribution in [0.3, 0.4) is 0 Å². The smallest absolute Gasteiger partial charge is 1.00 e. The van der Waals surface area contributed by atoms with Crippen molar-refractivity contribution in [2.24, 2.45) is 0 Å². The molecule has 0 bridgehead atoms. The summed E-state index contributed by atoms with van der Waals surface area (Å²) in [6.45, 7) is 8.63. The predicted molar refractivity (Wildman–Crippen MR) is 120 cm³/mol. The number of allylic oxidation sites excluding steroid dienone is 8. The zero-order valence-corrected chi connectivity index (χ0v) is 23.1. The molecule has 0 aromatic heterocycles. The first-order valence-corrected chi connectivity index (χ1v) is 10.4. The zero-order valence-electron chi connectivity index (χ0n) is 18.1. The minimum atomic E-state index is 0. The van der Waals surface area contributed by atoms with Crippen LogP contribution < -0.4 is 35.2 Å². The van der Waals surface area contributed by atoms with Gasteiger partial charge < -0.3 is 24.8 Å². The summed E-state index contributed by atoms with van der Waals surface area (Å²) in [5.41, 5.74) is 5.62. The normalized spacial score (nSPS) is 12.5. The van der Waals surface area contributed by atoms with Gasteiger partial charge in [0.15, 0.2) is 0 Å². The molecule has 0 atom stereocenters. The fourth-order valence-corrected chi connectivity index (χ4v) is 3.74. The monoisotopic (exact) mass is 528 g/mol. The molecule has 2 aromatic carbocycles. The Hall–Kier alpha value is -0.920. The van der Waals surface area contributed by atoms with Gasteiger partial charge in [-0.3, -0.25) is 12.2 Å². The molecule has 0 saturated heterocycles. The van der Waals surface area contributed by atoms with E-state index in [9.17, 15) is 0 Å². The van der Waals surface area contributed by atoms with Gasteiger partial charge in [0.1, 0.15) is 9.52 Å². The molecule has 0 N–H and O–H groups in total. The quantitative estimate of drug-likeness (QED) is 0.358. The summed E-state index contributed by atoms with van der Waals surface area (Å²) < 4.78 is 0. The van der Waals surface area contributed by atoms with Crippen LogP contribution in [0.15, 0.2) is 84.0 Å². The topological polar surface area (TPSA) is 0 Å². The first-order chi connectivity index (χ1) is 13.1. The van der Waals surface area contributed by atoms with Crippen LogP contribution in [0.1, 0.15) is 37.8 Å². The number of hydrogen-bond acceptors (Lipinski definition) is 0. The number of hydrogen-bond donors (Lipinski definition) is 0. The van der Waals surface area contributed by atoms with Gasteiger partial charge in [-0.25, -0.2) is 23.8 Å². The second-order valence-corrected chi connectivity index (χ2v) is 8.07. The molecule has 0 spiro atoms. The Bertz CT molecular complexity index is 813. The summed E-state index contributed by atoms with van der Waals surface area (Å²) >= 11 is 0. The van der Waals surface area contributed by atoms with Crippen molar-refractivity contribution in [3.8, 4) is 0 Å². The third-order valence-electron chi connectivity index (χ3n) is 4.50. The van der Waals surface area contributed by atoms with Crippen LogP contribution in [0.4, 0.5) is 0 Å². The number of halogens is 2. The first-order valence-electron chi connectivity index (χ1n) is 9.41. The Morgan fingerprint density at radius 3 is 1.57 bits per heavy atom. The molecule has 2 aromatic rings. The molecule has 0 saturated carbocycles. The van der Waals surface area contributed by atoms with E-state index in [1.807, 2.05) is 12.2 Å². The average molecular weight is 531 g/mol. The molecule has 0 fully saturated rings. The first kappa shape index (κ1) is 31.3.